The van der Waals surface area contributed by atoms with Crippen LogP contribution >= 0.6 is 0 Å². The van der Waals surface area contributed by atoms with Crippen molar-refractivity contribution in [3.05, 3.63) is 35.4 Å². The van der Waals surface area contributed by atoms with Crippen LogP contribution in [0.3, 0.4) is 0 Å². The number of hydrogen-bond donors (Lipinski definition) is 0. The summed E-state index contributed by atoms with van der Waals surface area (Å²) >= 11 is 0. The quantitative estimate of drug-likeness (QED) is 0.782. The van der Waals surface area contributed by atoms with Gasteiger partial charge in [0.25, 0.3) is 11.8 Å². The number of imide groups is 1. The van der Waals surface area contributed by atoms with Crippen molar-refractivity contribution < 1.29 is 19.2 Å². The van der Waals surface area contributed by atoms with E-state index in [0.29, 0.717) is 22.1 Å². The molecule has 1 aromatic carbocycles. The lowest BCUT2D eigenvalue weighted by Crippen LogP contribution is -2.36. The van der Waals surface area contributed by atoms with Crippen molar-refractivity contribution in [1.82, 2.24) is 5.06 Å². The summed E-state index contributed by atoms with van der Waals surface area (Å²) in [6, 6.07) is 6.52. The second-order valence-electron chi connectivity index (χ2n) is 6.13. The van der Waals surface area contributed by atoms with Crippen LogP contribution in [0.5, 0.6) is 0 Å². The molecule has 0 aromatic heterocycles. The fourth-order valence-electron chi connectivity index (χ4n) is 3.67. The first-order chi connectivity index (χ1) is 10.1. The minimum Gasteiger partial charge on any atom is -0.329 e. The van der Waals surface area contributed by atoms with Crippen LogP contribution in [0.25, 0.3) is 0 Å². The van der Waals surface area contributed by atoms with Crippen molar-refractivity contribution >= 4 is 17.8 Å². The van der Waals surface area contributed by atoms with Gasteiger partial charge in [0.2, 0.25) is 0 Å². The number of benzene rings is 1. The Labute approximate surface area is 121 Å². The van der Waals surface area contributed by atoms with E-state index in [1.54, 1.807) is 24.3 Å². The van der Waals surface area contributed by atoms with Crippen molar-refractivity contribution in [2.75, 3.05) is 0 Å². The van der Waals surface area contributed by atoms with Crippen LogP contribution in [-0.4, -0.2) is 22.8 Å². The van der Waals surface area contributed by atoms with Gasteiger partial charge >= 0.3 is 5.97 Å². The SMILES string of the molecule is O=C1c2ccccc2C(=O)N1OC(=O)C12CCCCC1C2. The van der Waals surface area contributed by atoms with E-state index < -0.39 is 23.2 Å². The largest absolute Gasteiger partial charge is 0.339 e. The topological polar surface area (TPSA) is 63.7 Å². The molecule has 21 heavy (non-hydrogen) atoms. The highest BCUT2D eigenvalue weighted by atomic mass is 16.7. The van der Waals surface area contributed by atoms with E-state index in [2.05, 4.69) is 0 Å². The number of fused-ring (bicyclic) bond motifs is 2. The van der Waals surface area contributed by atoms with Crippen LogP contribution in [0, 0.1) is 11.3 Å². The van der Waals surface area contributed by atoms with E-state index in [0.717, 1.165) is 32.1 Å². The first kappa shape index (κ1) is 12.6. The summed E-state index contributed by atoms with van der Waals surface area (Å²) in [7, 11) is 0. The van der Waals surface area contributed by atoms with Crippen LogP contribution in [0.15, 0.2) is 24.3 Å². The van der Waals surface area contributed by atoms with Gasteiger partial charge < -0.3 is 4.84 Å². The highest BCUT2D eigenvalue weighted by Crippen LogP contribution is 2.62. The number of hydroxylamine groups is 2. The lowest BCUT2D eigenvalue weighted by atomic mass is 9.89. The Morgan fingerprint density at radius 1 is 1.14 bits per heavy atom. The van der Waals surface area contributed by atoms with Crippen molar-refractivity contribution in [3.63, 3.8) is 0 Å². The highest BCUT2D eigenvalue weighted by molar-refractivity contribution is 6.20. The molecule has 0 N–H and O–H groups in total. The number of nitrogens with zero attached hydrogens (tertiary/aromatic N) is 1. The molecular weight excluding hydrogens is 270 g/mol. The van der Waals surface area contributed by atoms with E-state index in [-0.39, 0.29) is 0 Å². The summed E-state index contributed by atoms with van der Waals surface area (Å²) in [4.78, 5) is 41.9. The summed E-state index contributed by atoms with van der Waals surface area (Å²) in [5.74, 6) is -1.14. The summed E-state index contributed by atoms with van der Waals surface area (Å²) < 4.78 is 0. The van der Waals surface area contributed by atoms with Crippen molar-refractivity contribution in [3.8, 4) is 0 Å². The second-order valence-corrected chi connectivity index (χ2v) is 6.13. The molecular formula is C16H15NO4. The van der Waals surface area contributed by atoms with E-state index in [1.807, 2.05) is 0 Å². The molecule has 2 saturated carbocycles. The zero-order valence-corrected chi connectivity index (χ0v) is 11.5. The third-order valence-electron chi connectivity index (χ3n) is 4.99. The lowest BCUT2D eigenvalue weighted by molar-refractivity contribution is -0.177. The maximum atomic E-state index is 12.4. The van der Waals surface area contributed by atoms with Gasteiger partial charge in [0, 0.05) is 0 Å². The maximum Gasteiger partial charge on any atom is 0.339 e. The number of carbonyl (C=O) groups excluding carboxylic acids is 3. The Morgan fingerprint density at radius 3 is 2.43 bits per heavy atom. The Balaban J connectivity index is 1.55. The molecule has 2 aliphatic carbocycles. The van der Waals surface area contributed by atoms with Gasteiger partial charge in [-0.25, -0.2) is 4.79 Å². The normalized spacial score (nSPS) is 29.9. The van der Waals surface area contributed by atoms with Crippen LogP contribution < -0.4 is 0 Å². The third-order valence-corrected chi connectivity index (χ3v) is 4.99. The number of hydrogen-bond acceptors (Lipinski definition) is 4. The first-order valence-electron chi connectivity index (χ1n) is 7.34. The molecule has 0 bridgehead atoms. The van der Waals surface area contributed by atoms with Crippen molar-refractivity contribution in [2.24, 2.45) is 11.3 Å². The Morgan fingerprint density at radius 2 is 1.81 bits per heavy atom. The maximum absolute atomic E-state index is 12.4. The fourth-order valence-corrected chi connectivity index (χ4v) is 3.67. The smallest absolute Gasteiger partial charge is 0.329 e. The average molecular weight is 285 g/mol. The average Bonchev–Trinajstić information content (AvgIpc) is 3.22. The molecule has 2 amide bonds. The lowest BCUT2D eigenvalue weighted by Gasteiger charge is -2.22. The zero-order chi connectivity index (χ0) is 14.6. The Kier molecular flexibility index (Phi) is 2.49. The molecule has 0 spiro atoms. The summed E-state index contributed by atoms with van der Waals surface area (Å²) in [5.41, 5.74) is 0.153. The molecule has 108 valence electrons. The van der Waals surface area contributed by atoms with Gasteiger partial charge in [0.15, 0.2) is 0 Å². The molecule has 2 unspecified atom stereocenters. The number of rotatable bonds is 2. The van der Waals surface area contributed by atoms with E-state index >= 15 is 0 Å². The number of carbonyl (C=O) groups is 3. The number of amides is 2. The molecule has 0 radical (unpaired) electrons. The van der Waals surface area contributed by atoms with E-state index in [9.17, 15) is 14.4 Å². The highest BCUT2D eigenvalue weighted by Gasteiger charge is 2.62. The van der Waals surface area contributed by atoms with E-state index in [1.165, 1.54) is 0 Å². The predicted octanol–water partition coefficient (Wildman–Crippen LogP) is 2.32. The van der Waals surface area contributed by atoms with E-state index in [4.69, 9.17) is 4.84 Å². The van der Waals surface area contributed by atoms with Gasteiger partial charge in [-0.1, -0.05) is 30.0 Å². The van der Waals surface area contributed by atoms with Crippen molar-refractivity contribution in [2.45, 2.75) is 32.1 Å². The molecule has 5 nitrogen and oxygen atoms in total. The van der Waals surface area contributed by atoms with Crippen LogP contribution in [0.4, 0.5) is 0 Å². The van der Waals surface area contributed by atoms with Gasteiger partial charge in [-0.3, -0.25) is 9.59 Å². The van der Waals surface area contributed by atoms with Crippen LogP contribution in [0.1, 0.15) is 52.8 Å². The zero-order valence-electron chi connectivity index (χ0n) is 11.5. The molecule has 1 aromatic rings. The molecule has 2 atom stereocenters. The molecule has 5 heteroatoms. The molecule has 4 rings (SSSR count). The van der Waals surface area contributed by atoms with Gasteiger partial charge in [-0.05, 0) is 37.3 Å². The Hall–Kier alpha value is -2.17. The predicted molar refractivity (Wildman–Crippen MR) is 72.0 cm³/mol. The Bertz CT molecular complexity index is 633. The standard InChI is InChI=1S/C16H15NO4/c18-13-11-6-1-2-7-12(11)14(19)17(13)21-15(20)16-8-4-3-5-10(16)9-16/h1-2,6-7,10H,3-5,8-9H2. The molecule has 1 aliphatic heterocycles. The fraction of sp³-hybridized carbons (Fsp3) is 0.438. The summed E-state index contributed by atoms with van der Waals surface area (Å²) in [6.45, 7) is 0. The molecule has 1 heterocycles. The minimum absolute atomic E-state index is 0.295. The van der Waals surface area contributed by atoms with Crippen molar-refractivity contribution in [1.29, 1.82) is 0 Å². The molecule has 0 saturated heterocycles. The third kappa shape index (κ3) is 1.66. The summed E-state index contributed by atoms with van der Waals surface area (Å²) in [5, 5.41) is 0.631. The second kappa shape index (κ2) is 4.16. The molecule has 3 aliphatic rings. The first-order valence-corrected chi connectivity index (χ1v) is 7.34. The summed E-state index contributed by atoms with van der Waals surface area (Å²) in [6.07, 6.45) is 4.83. The van der Waals surface area contributed by atoms with Crippen LogP contribution in [-0.2, 0) is 9.63 Å². The minimum atomic E-state index is -0.548. The van der Waals surface area contributed by atoms with Crippen LogP contribution in [0.2, 0.25) is 0 Å². The molecule has 2 fully saturated rings. The van der Waals surface area contributed by atoms with Gasteiger partial charge in [0.05, 0.1) is 16.5 Å². The van der Waals surface area contributed by atoms with Gasteiger partial charge in [-0.15, -0.1) is 0 Å². The monoisotopic (exact) mass is 285 g/mol. The van der Waals surface area contributed by atoms with Gasteiger partial charge in [-0.2, -0.15) is 0 Å². The van der Waals surface area contributed by atoms with Gasteiger partial charge in [0.1, 0.15) is 0 Å².